The Morgan fingerprint density at radius 2 is 2.06 bits per heavy atom. The van der Waals surface area contributed by atoms with Gasteiger partial charge in [-0.3, -0.25) is 0 Å². The molecule has 1 heterocycles. The Kier molecular flexibility index (Phi) is 5.64. The van der Waals surface area contributed by atoms with E-state index in [-0.39, 0.29) is 12.4 Å². The highest BCUT2D eigenvalue weighted by Gasteiger charge is 1.96. The molecule has 0 atom stereocenters. The third-order valence-electron chi connectivity index (χ3n) is 2.53. The molecule has 0 spiro atoms. The van der Waals surface area contributed by atoms with Gasteiger partial charge in [-0.15, -0.1) is 12.4 Å². The number of furan rings is 1. The molecule has 0 aliphatic heterocycles. The zero-order valence-electron chi connectivity index (χ0n) is 9.98. The molecule has 1 aromatic carbocycles. The van der Waals surface area contributed by atoms with Crippen LogP contribution in [-0.4, -0.2) is 6.54 Å². The Balaban J connectivity index is 0.00000144. The van der Waals surface area contributed by atoms with E-state index in [0.29, 0.717) is 0 Å². The number of benzene rings is 1. The van der Waals surface area contributed by atoms with Gasteiger partial charge in [-0.25, -0.2) is 0 Å². The van der Waals surface area contributed by atoms with Crippen LogP contribution in [0.15, 0.2) is 47.1 Å². The largest absolute Gasteiger partial charge is 0.469 e. The summed E-state index contributed by atoms with van der Waals surface area (Å²) in [5, 5.41) is 3.41. The maximum atomic E-state index is 5.28. The van der Waals surface area contributed by atoms with E-state index in [0.717, 1.165) is 25.1 Å². The molecule has 2 nitrogen and oxygen atoms in total. The van der Waals surface area contributed by atoms with Crippen molar-refractivity contribution in [2.75, 3.05) is 11.9 Å². The smallest absolute Gasteiger partial charge is 0.103 e. The highest BCUT2D eigenvalue weighted by atomic mass is 35.5. The monoisotopic (exact) mass is 251 g/mol. The molecule has 0 unspecified atom stereocenters. The van der Waals surface area contributed by atoms with E-state index in [1.807, 2.05) is 12.1 Å². The second kappa shape index (κ2) is 7.02. The Morgan fingerprint density at radius 3 is 2.76 bits per heavy atom. The number of nitrogens with one attached hydrogen (secondary N) is 1. The fraction of sp³-hybridized carbons (Fsp3) is 0.286. The molecule has 0 amide bonds. The summed E-state index contributed by atoms with van der Waals surface area (Å²) in [5.74, 6) is 1.06. The van der Waals surface area contributed by atoms with Crippen LogP contribution >= 0.6 is 12.4 Å². The zero-order chi connectivity index (χ0) is 11.2. The molecule has 1 aromatic heterocycles. The SMILES string of the molecule is Cc1cccc(NCCCc2ccco2)c1.Cl. The third-order valence-corrected chi connectivity index (χ3v) is 2.53. The summed E-state index contributed by atoms with van der Waals surface area (Å²) in [6, 6.07) is 12.4. The van der Waals surface area contributed by atoms with Gasteiger partial charge in [-0.2, -0.15) is 0 Å². The van der Waals surface area contributed by atoms with Crippen molar-refractivity contribution in [3.8, 4) is 0 Å². The highest BCUT2D eigenvalue weighted by molar-refractivity contribution is 5.85. The number of aryl methyl sites for hydroxylation is 2. The van der Waals surface area contributed by atoms with E-state index in [1.165, 1.54) is 11.3 Å². The van der Waals surface area contributed by atoms with Crippen LogP contribution in [0.2, 0.25) is 0 Å². The summed E-state index contributed by atoms with van der Waals surface area (Å²) >= 11 is 0. The van der Waals surface area contributed by atoms with Crippen LogP contribution in [0.3, 0.4) is 0 Å². The van der Waals surface area contributed by atoms with Crippen LogP contribution in [0.25, 0.3) is 0 Å². The summed E-state index contributed by atoms with van der Waals surface area (Å²) in [6.07, 6.45) is 3.80. The Morgan fingerprint density at radius 1 is 1.18 bits per heavy atom. The quantitative estimate of drug-likeness (QED) is 0.811. The molecule has 1 N–H and O–H groups in total. The molecule has 0 fully saturated rings. The third kappa shape index (κ3) is 4.53. The number of rotatable bonds is 5. The van der Waals surface area contributed by atoms with E-state index >= 15 is 0 Å². The molecule has 17 heavy (non-hydrogen) atoms. The van der Waals surface area contributed by atoms with Crippen LogP contribution in [0.5, 0.6) is 0 Å². The van der Waals surface area contributed by atoms with E-state index in [9.17, 15) is 0 Å². The zero-order valence-corrected chi connectivity index (χ0v) is 10.8. The lowest BCUT2D eigenvalue weighted by Crippen LogP contribution is -2.02. The average Bonchev–Trinajstić information content (AvgIpc) is 2.77. The lowest BCUT2D eigenvalue weighted by atomic mass is 10.2. The normalized spacial score (nSPS) is 9.71. The van der Waals surface area contributed by atoms with Crippen molar-refractivity contribution in [1.82, 2.24) is 0 Å². The topological polar surface area (TPSA) is 25.2 Å². The van der Waals surface area contributed by atoms with E-state index in [4.69, 9.17) is 4.42 Å². The Bertz CT molecular complexity index is 426. The van der Waals surface area contributed by atoms with Gasteiger partial charge in [0.2, 0.25) is 0 Å². The number of anilines is 1. The maximum absolute atomic E-state index is 5.28. The van der Waals surface area contributed by atoms with Crippen LogP contribution in [0.1, 0.15) is 17.7 Å². The Labute approximate surface area is 108 Å². The summed E-state index contributed by atoms with van der Waals surface area (Å²) in [7, 11) is 0. The molecule has 0 aliphatic carbocycles. The van der Waals surface area contributed by atoms with E-state index < -0.39 is 0 Å². The van der Waals surface area contributed by atoms with Gasteiger partial charge < -0.3 is 9.73 Å². The first-order valence-electron chi connectivity index (χ1n) is 5.67. The minimum Gasteiger partial charge on any atom is -0.469 e. The first kappa shape index (κ1) is 13.7. The van der Waals surface area contributed by atoms with Gasteiger partial charge in [0.15, 0.2) is 0 Å². The molecular weight excluding hydrogens is 234 g/mol. The van der Waals surface area contributed by atoms with Gasteiger partial charge >= 0.3 is 0 Å². The molecule has 0 radical (unpaired) electrons. The van der Waals surface area contributed by atoms with Crippen LogP contribution in [0, 0.1) is 6.92 Å². The summed E-state index contributed by atoms with van der Waals surface area (Å²) in [4.78, 5) is 0. The number of halogens is 1. The molecule has 0 aliphatic rings. The molecule has 92 valence electrons. The Hall–Kier alpha value is -1.41. The van der Waals surface area contributed by atoms with Crippen molar-refractivity contribution < 1.29 is 4.42 Å². The molecular formula is C14H18ClNO. The van der Waals surface area contributed by atoms with Crippen LogP contribution < -0.4 is 5.32 Å². The van der Waals surface area contributed by atoms with Gasteiger partial charge in [0, 0.05) is 18.7 Å². The van der Waals surface area contributed by atoms with Crippen LogP contribution in [-0.2, 0) is 6.42 Å². The number of hydrogen-bond acceptors (Lipinski definition) is 2. The molecule has 0 saturated carbocycles. The van der Waals surface area contributed by atoms with Crippen molar-refractivity contribution in [2.24, 2.45) is 0 Å². The number of hydrogen-bond donors (Lipinski definition) is 1. The predicted octanol–water partition coefficient (Wildman–Crippen LogP) is 4.05. The lowest BCUT2D eigenvalue weighted by Gasteiger charge is -2.06. The standard InChI is InChI=1S/C14H17NO.ClH/c1-12-5-2-6-13(11-12)15-9-3-7-14-8-4-10-16-14;/h2,4-6,8,10-11,15H,3,7,9H2,1H3;1H. The minimum atomic E-state index is 0. The predicted molar refractivity (Wildman–Crippen MR) is 73.9 cm³/mol. The second-order valence-electron chi connectivity index (χ2n) is 3.98. The van der Waals surface area contributed by atoms with Crippen molar-refractivity contribution in [3.63, 3.8) is 0 Å². The molecule has 3 heteroatoms. The van der Waals surface area contributed by atoms with Gasteiger partial charge in [0.25, 0.3) is 0 Å². The fourth-order valence-corrected chi connectivity index (χ4v) is 1.71. The molecule has 0 saturated heterocycles. The average molecular weight is 252 g/mol. The second-order valence-corrected chi connectivity index (χ2v) is 3.98. The van der Waals surface area contributed by atoms with Crippen molar-refractivity contribution >= 4 is 18.1 Å². The van der Waals surface area contributed by atoms with Crippen molar-refractivity contribution in [3.05, 3.63) is 54.0 Å². The van der Waals surface area contributed by atoms with Gasteiger partial charge in [-0.1, -0.05) is 12.1 Å². The highest BCUT2D eigenvalue weighted by Crippen LogP contribution is 2.10. The molecule has 2 rings (SSSR count). The van der Waals surface area contributed by atoms with E-state index in [2.05, 4.69) is 36.5 Å². The van der Waals surface area contributed by atoms with Gasteiger partial charge in [0.1, 0.15) is 5.76 Å². The summed E-state index contributed by atoms with van der Waals surface area (Å²) < 4.78 is 5.28. The minimum absolute atomic E-state index is 0. The molecule has 0 bridgehead atoms. The summed E-state index contributed by atoms with van der Waals surface area (Å²) in [5.41, 5.74) is 2.48. The van der Waals surface area contributed by atoms with Gasteiger partial charge in [-0.05, 0) is 43.2 Å². The van der Waals surface area contributed by atoms with Crippen LogP contribution in [0.4, 0.5) is 5.69 Å². The lowest BCUT2D eigenvalue weighted by molar-refractivity contribution is 0.504. The first-order valence-corrected chi connectivity index (χ1v) is 5.67. The fourth-order valence-electron chi connectivity index (χ4n) is 1.71. The van der Waals surface area contributed by atoms with Gasteiger partial charge in [0.05, 0.1) is 6.26 Å². The van der Waals surface area contributed by atoms with Crippen molar-refractivity contribution in [2.45, 2.75) is 19.8 Å². The maximum Gasteiger partial charge on any atom is 0.103 e. The summed E-state index contributed by atoms with van der Waals surface area (Å²) in [6.45, 7) is 3.08. The first-order chi connectivity index (χ1) is 7.84. The molecule has 2 aromatic rings. The van der Waals surface area contributed by atoms with E-state index in [1.54, 1.807) is 6.26 Å². The van der Waals surface area contributed by atoms with Crippen molar-refractivity contribution in [1.29, 1.82) is 0 Å².